The largest absolute Gasteiger partial charge is 0.388 e. The summed E-state index contributed by atoms with van der Waals surface area (Å²) in [6.45, 7) is 5.92. The number of hydrogen-bond acceptors (Lipinski definition) is 1. The van der Waals surface area contributed by atoms with E-state index in [1.54, 1.807) is 6.20 Å². The van der Waals surface area contributed by atoms with Gasteiger partial charge in [-0.2, -0.15) is 0 Å². The van der Waals surface area contributed by atoms with Crippen LogP contribution in [-0.2, 0) is 6.42 Å². The Labute approximate surface area is 86.8 Å². The number of benzene rings is 1. The molecule has 0 radical (unpaired) electrons. The van der Waals surface area contributed by atoms with Crippen molar-refractivity contribution in [2.75, 3.05) is 0 Å². The summed E-state index contributed by atoms with van der Waals surface area (Å²) in [7, 11) is 0. The Balaban J connectivity index is 2.50. The average molecular weight is 189 g/mol. The molecule has 1 unspecified atom stereocenters. The van der Waals surface area contributed by atoms with Crippen molar-refractivity contribution in [2.45, 2.75) is 32.2 Å². The highest BCUT2D eigenvalue weighted by molar-refractivity contribution is 5.15. The highest BCUT2D eigenvalue weighted by Gasteiger charge is 2.05. The van der Waals surface area contributed by atoms with Crippen molar-refractivity contribution in [3.63, 3.8) is 0 Å². The van der Waals surface area contributed by atoms with Crippen LogP contribution in [0.2, 0.25) is 0 Å². The summed E-state index contributed by atoms with van der Waals surface area (Å²) in [5.41, 5.74) is 1.39. The summed E-state index contributed by atoms with van der Waals surface area (Å²) in [4.78, 5) is 0. The molecular formula is C13H19N. The Morgan fingerprint density at radius 1 is 1.36 bits per heavy atom. The van der Waals surface area contributed by atoms with Crippen molar-refractivity contribution in [3.05, 3.63) is 48.7 Å². The molecule has 0 saturated heterocycles. The minimum atomic E-state index is 0.528. The molecule has 1 atom stereocenters. The van der Waals surface area contributed by atoms with E-state index in [1.807, 2.05) is 0 Å². The second-order valence-electron chi connectivity index (χ2n) is 3.55. The number of nitrogens with one attached hydrogen (secondary N) is 1. The first-order valence-electron chi connectivity index (χ1n) is 5.27. The van der Waals surface area contributed by atoms with E-state index in [1.165, 1.54) is 18.4 Å². The molecule has 0 bridgehead atoms. The third-order valence-corrected chi connectivity index (χ3v) is 2.32. The number of rotatable bonds is 6. The summed E-state index contributed by atoms with van der Waals surface area (Å²) >= 11 is 0. The third kappa shape index (κ3) is 3.65. The molecule has 0 aliphatic carbocycles. The molecule has 0 fully saturated rings. The molecule has 76 valence electrons. The van der Waals surface area contributed by atoms with Crippen LogP contribution in [0.1, 0.15) is 25.3 Å². The molecular weight excluding hydrogens is 170 g/mol. The zero-order valence-corrected chi connectivity index (χ0v) is 8.87. The minimum Gasteiger partial charge on any atom is -0.388 e. The maximum atomic E-state index is 3.71. The van der Waals surface area contributed by atoms with Gasteiger partial charge < -0.3 is 5.32 Å². The summed E-state index contributed by atoms with van der Waals surface area (Å²) < 4.78 is 0. The van der Waals surface area contributed by atoms with Crippen molar-refractivity contribution in [2.24, 2.45) is 0 Å². The van der Waals surface area contributed by atoms with Gasteiger partial charge in [0, 0.05) is 6.04 Å². The zero-order valence-electron chi connectivity index (χ0n) is 8.87. The highest BCUT2D eigenvalue weighted by Crippen LogP contribution is 2.07. The van der Waals surface area contributed by atoms with E-state index in [-0.39, 0.29) is 0 Å². The Kier molecular flexibility index (Phi) is 4.84. The van der Waals surface area contributed by atoms with Crippen LogP contribution >= 0.6 is 0 Å². The Hall–Kier alpha value is -1.24. The Morgan fingerprint density at radius 3 is 2.64 bits per heavy atom. The van der Waals surface area contributed by atoms with Crippen LogP contribution in [0.5, 0.6) is 0 Å². The first-order valence-corrected chi connectivity index (χ1v) is 5.27. The lowest BCUT2D eigenvalue weighted by Crippen LogP contribution is -2.26. The van der Waals surface area contributed by atoms with E-state index in [9.17, 15) is 0 Å². The Bertz CT molecular complexity index is 253. The van der Waals surface area contributed by atoms with Gasteiger partial charge in [-0.3, -0.25) is 0 Å². The molecule has 1 nitrogen and oxygen atoms in total. The molecule has 1 N–H and O–H groups in total. The molecule has 0 aliphatic heterocycles. The molecule has 0 heterocycles. The zero-order chi connectivity index (χ0) is 10.2. The smallest absolute Gasteiger partial charge is 0.0295 e. The predicted molar refractivity (Wildman–Crippen MR) is 62.2 cm³/mol. The van der Waals surface area contributed by atoms with Gasteiger partial charge in [0.25, 0.3) is 0 Å². The quantitative estimate of drug-likeness (QED) is 0.725. The van der Waals surface area contributed by atoms with E-state index in [4.69, 9.17) is 0 Å². The molecule has 1 heteroatoms. The molecule has 1 rings (SSSR count). The van der Waals surface area contributed by atoms with E-state index in [0.29, 0.717) is 6.04 Å². The first-order chi connectivity index (χ1) is 6.86. The maximum absolute atomic E-state index is 3.71. The molecule has 14 heavy (non-hydrogen) atoms. The van der Waals surface area contributed by atoms with Crippen molar-refractivity contribution in [3.8, 4) is 0 Å². The van der Waals surface area contributed by atoms with Crippen LogP contribution in [-0.4, -0.2) is 6.04 Å². The van der Waals surface area contributed by atoms with Crippen LogP contribution in [0.4, 0.5) is 0 Å². The van der Waals surface area contributed by atoms with Crippen molar-refractivity contribution >= 4 is 0 Å². The van der Waals surface area contributed by atoms with Crippen molar-refractivity contribution < 1.29 is 0 Å². The standard InChI is InChI=1S/C13H19N/c1-3-8-13(14-4-2)11-12-9-6-5-7-10-12/h4-7,9-10,13-14H,2-3,8,11H2,1H3. The molecule has 0 aromatic heterocycles. The molecule has 0 aliphatic rings. The van der Waals surface area contributed by atoms with Crippen LogP contribution in [0, 0.1) is 0 Å². The lowest BCUT2D eigenvalue weighted by Gasteiger charge is -2.16. The van der Waals surface area contributed by atoms with Crippen LogP contribution < -0.4 is 5.32 Å². The van der Waals surface area contributed by atoms with Gasteiger partial charge in [-0.1, -0.05) is 50.3 Å². The monoisotopic (exact) mass is 189 g/mol. The van der Waals surface area contributed by atoms with E-state index in [2.05, 4.69) is 49.2 Å². The third-order valence-electron chi connectivity index (χ3n) is 2.32. The lowest BCUT2D eigenvalue weighted by molar-refractivity contribution is 0.533. The number of hydrogen-bond donors (Lipinski definition) is 1. The first kappa shape index (κ1) is 10.8. The minimum absolute atomic E-state index is 0.528. The van der Waals surface area contributed by atoms with Gasteiger partial charge in [-0.25, -0.2) is 0 Å². The molecule has 0 saturated carbocycles. The van der Waals surface area contributed by atoms with Crippen LogP contribution in [0.15, 0.2) is 43.1 Å². The lowest BCUT2D eigenvalue weighted by atomic mass is 10.0. The van der Waals surface area contributed by atoms with Crippen molar-refractivity contribution in [1.82, 2.24) is 5.32 Å². The molecule has 0 spiro atoms. The molecule has 1 aromatic rings. The van der Waals surface area contributed by atoms with Gasteiger partial charge in [0.05, 0.1) is 0 Å². The van der Waals surface area contributed by atoms with E-state index >= 15 is 0 Å². The summed E-state index contributed by atoms with van der Waals surface area (Å²) in [6, 6.07) is 11.1. The molecule has 1 aromatic carbocycles. The summed E-state index contributed by atoms with van der Waals surface area (Å²) in [6.07, 6.45) is 5.28. The maximum Gasteiger partial charge on any atom is 0.0295 e. The van der Waals surface area contributed by atoms with Gasteiger partial charge in [0.15, 0.2) is 0 Å². The summed E-state index contributed by atoms with van der Waals surface area (Å²) in [5.74, 6) is 0. The van der Waals surface area contributed by atoms with Gasteiger partial charge in [0.1, 0.15) is 0 Å². The topological polar surface area (TPSA) is 12.0 Å². The van der Waals surface area contributed by atoms with Gasteiger partial charge in [-0.15, -0.1) is 0 Å². The average Bonchev–Trinajstić information content (AvgIpc) is 2.20. The van der Waals surface area contributed by atoms with Crippen LogP contribution in [0.3, 0.4) is 0 Å². The normalized spacial score (nSPS) is 12.1. The van der Waals surface area contributed by atoms with Gasteiger partial charge in [-0.05, 0) is 24.6 Å². The molecule has 0 amide bonds. The second-order valence-corrected chi connectivity index (χ2v) is 3.55. The van der Waals surface area contributed by atoms with Gasteiger partial charge in [0.2, 0.25) is 0 Å². The predicted octanol–water partition coefficient (Wildman–Crippen LogP) is 3.13. The Morgan fingerprint density at radius 2 is 2.07 bits per heavy atom. The van der Waals surface area contributed by atoms with Gasteiger partial charge >= 0.3 is 0 Å². The van der Waals surface area contributed by atoms with E-state index < -0.39 is 0 Å². The highest BCUT2D eigenvalue weighted by atomic mass is 14.9. The fourth-order valence-electron chi connectivity index (χ4n) is 1.66. The summed E-state index contributed by atoms with van der Waals surface area (Å²) in [5, 5.41) is 3.30. The van der Waals surface area contributed by atoms with E-state index in [0.717, 1.165) is 6.42 Å². The van der Waals surface area contributed by atoms with Crippen LogP contribution in [0.25, 0.3) is 0 Å². The second kappa shape index (κ2) is 6.25. The SMILES string of the molecule is C=CNC(CCC)Cc1ccccc1. The fraction of sp³-hybridized carbons (Fsp3) is 0.385. The van der Waals surface area contributed by atoms with Crippen molar-refractivity contribution in [1.29, 1.82) is 0 Å². The fourth-order valence-corrected chi connectivity index (χ4v) is 1.66.